The van der Waals surface area contributed by atoms with Gasteiger partial charge in [-0.3, -0.25) is 28.8 Å². The molecular formula is C50H66N8O7. The number of hydrogen-bond donors (Lipinski definition) is 6. The Labute approximate surface area is 382 Å². The fourth-order valence-corrected chi connectivity index (χ4v) is 9.71. The summed E-state index contributed by atoms with van der Waals surface area (Å²) in [5.41, 5.74) is 5.97. The van der Waals surface area contributed by atoms with E-state index in [0.717, 1.165) is 55.2 Å². The molecule has 6 N–H and O–H groups in total. The molecule has 7 rings (SSSR count). The maximum absolute atomic E-state index is 14.5. The maximum atomic E-state index is 14.5. The van der Waals surface area contributed by atoms with Crippen molar-refractivity contribution in [2.75, 3.05) is 33.8 Å². The Kier molecular flexibility index (Phi) is 16.0. The molecule has 6 amide bonds. The van der Waals surface area contributed by atoms with Crippen molar-refractivity contribution in [3.63, 3.8) is 0 Å². The molecule has 15 nitrogen and oxygen atoms in total. The molecule has 1 unspecified atom stereocenters. The summed E-state index contributed by atoms with van der Waals surface area (Å²) in [6.45, 7) is 4.11. The zero-order chi connectivity index (χ0) is 46.0. The summed E-state index contributed by atoms with van der Waals surface area (Å²) in [5.74, 6) is -1.88. The van der Waals surface area contributed by atoms with E-state index in [0.29, 0.717) is 44.3 Å². The SMILES string of the molecule is CN[C@@H](C)C(=O)N[C@@H](COCc1ccc([C@H](NC(=O)[C@H](C)NC)C(=O)N2CCC[C@H]2C(=O)NC2CCCc3ccccc32)cc1)C(=O)N1CCC[C@H]1C(=O)N[C@@H]1CCCc2ccccc21. The molecular weight excluding hydrogens is 825 g/mol. The van der Waals surface area contributed by atoms with Gasteiger partial charge in [-0.1, -0.05) is 72.8 Å². The lowest BCUT2D eigenvalue weighted by molar-refractivity contribution is -0.143. The highest BCUT2D eigenvalue weighted by Crippen LogP contribution is 2.32. The number of rotatable bonds is 17. The zero-order valence-electron chi connectivity index (χ0n) is 38.2. The van der Waals surface area contributed by atoms with Crippen molar-refractivity contribution in [1.82, 2.24) is 41.7 Å². The second-order valence-corrected chi connectivity index (χ2v) is 18.0. The number of nitrogens with one attached hydrogen (secondary N) is 6. The van der Waals surface area contributed by atoms with Gasteiger partial charge in [0.1, 0.15) is 24.2 Å². The highest BCUT2D eigenvalue weighted by Gasteiger charge is 2.41. The van der Waals surface area contributed by atoms with Gasteiger partial charge in [0, 0.05) is 13.1 Å². The van der Waals surface area contributed by atoms with Gasteiger partial charge in [0.25, 0.3) is 0 Å². The average Bonchev–Trinajstić information content (AvgIpc) is 4.04. The fourth-order valence-electron chi connectivity index (χ4n) is 9.71. The molecule has 2 aliphatic carbocycles. The van der Waals surface area contributed by atoms with E-state index in [9.17, 15) is 28.8 Å². The molecule has 2 aliphatic heterocycles. The third-order valence-corrected chi connectivity index (χ3v) is 13.7. The quantitative estimate of drug-likeness (QED) is 0.118. The number of hydrogen-bond acceptors (Lipinski definition) is 9. The van der Waals surface area contributed by atoms with Gasteiger partial charge in [0.15, 0.2) is 0 Å². The van der Waals surface area contributed by atoms with Crippen LogP contribution in [-0.4, -0.2) is 109 Å². The average molecular weight is 891 g/mol. The number of likely N-dealkylation sites (N-methyl/N-ethyl adjacent to an activating group) is 2. The van der Waals surface area contributed by atoms with Crippen molar-refractivity contribution in [2.45, 2.75) is 133 Å². The van der Waals surface area contributed by atoms with Crippen LogP contribution in [0.2, 0.25) is 0 Å². The summed E-state index contributed by atoms with van der Waals surface area (Å²) in [6, 6.07) is 18.6. The predicted molar refractivity (Wildman–Crippen MR) is 246 cm³/mol. The van der Waals surface area contributed by atoms with Crippen LogP contribution in [0.25, 0.3) is 0 Å². The van der Waals surface area contributed by atoms with E-state index >= 15 is 0 Å². The topological polar surface area (TPSA) is 190 Å². The van der Waals surface area contributed by atoms with Crippen molar-refractivity contribution in [1.29, 1.82) is 0 Å². The molecule has 2 saturated heterocycles. The number of ether oxygens (including phenoxy) is 1. The molecule has 0 radical (unpaired) electrons. The Hall–Kier alpha value is -5.64. The van der Waals surface area contributed by atoms with Gasteiger partial charge in [-0.2, -0.15) is 0 Å². The third-order valence-electron chi connectivity index (χ3n) is 13.7. The smallest absolute Gasteiger partial charge is 0.250 e. The van der Waals surface area contributed by atoms with E-state index in [2.05, 4.69) is 56.2 Å². The van der Waals surface area contributed by atoms with Crippen LogP contribution < -0.4 is 31.9 Å². The molecule has 65 heavy (non-hydrogen) atoms. The molecule has 2 heterocycles. The number of benzene rings is 3. The molecule has 3 aromatic rings. The number of carbonyl (C=O) groups excluding carboxylic acids is 6. The van der Waals surface area contributed by atoms with Crippen LogP contribution in [0, 0.1) is 0 Å². The standard InChI is InChI=1S/C50H66N8O7/c1-31(51-3)45(59)55-41(49(63)57-27-11-21-42(57)47(61)53-39-19-9-15-34-13-5-7-17-37(34)39)30-65-29-33-23-25-36(26-24-33)44(56-46(60)32(2)52-4)50(64)58-28-12-22-43(58)48(62)54-40-20-10-16-35-14-6-8-18-38(35)40/h5-8,13-14,17-18,23-26,31-32,39-44,51-52H,9-12,15-16,19-22,27-30H2,1-4H3,(H,53,61)(H,54,62)(H,55,59)(H,56,60)/t31-,32-,39+,40?,41-,42-,43-,44-/m0/s1. The van der Waals surface area contributed by atoms with Crippen LogP contribution in [-0.2, 0) is 53.0 Å². The molecule has 3 aromatic carbocycles. The van der Waals surface area contributed by atoms with Gasteiger partial charge < -0.3 is 46.4 Å². The van der Waals surface area contributed by atoms with Gasteiger partial charge in [-0.25, -0.2) is 0 Å². The highest BCUT2D eigenvalue weighted by atomic mass is 16.5. The van der Waals surface area contributed by atoms with Crippen LogP contribution in [0.5, 0.6) is 0 Å². The number of nitrogens with zero attached hydrogens (tertiary/aromatic N) is 2. The third kappa shape index (κ3) is 11.3. The second kappa shape index (κ2) is 22.0. The normalized spacial score (nSPS) is 22.1. The van der Waals surface area contributed by atoms with Crippen molar-refractivity contribution in [3.8, 4) is 0 Å². The molecule has 0 saturated carbocycles. The number of aryl methyl sites for hydroxylation is 2. The second-order valence-electron chi connectivity index (χ2n) is 18.0. The summed E-state index contributed by atoms with van der Waals surface area (Å²) in [7, 11) is 3.33. The van der Waals surface area contributed by atoms with Crippen molar-refractivity contribution >= 4 is 35.4 Å². The van der Waals surface area contributed by atoms with Crippen LogP contribution in [0.4, 0.5) is 0 Å². The summed E-state index contributed by atoms with van der Waals surface area (Å²) in [5, 5.41) is 18.1. The van der Waals surface area contributed by atoms with Crippen molar-refractivity contribution < 1.29 is 33.5 Å². The van der Waals surface area contributed by atoms with Crippen molar-refractivity contribution in [3.05, 3.63) is 106 Å². The van der Waals surface area contributed by atoms with Gasteiger partial charge in [0.2, 0.25) is 35.4 Å². The minimum Gasteiger partial charge on any atom is -0.374 e. The van der Waals surface area contributed by atoms with Gasteiger partial charge in [-0.15, -0.1) is 0 Å². The summed E-state index contributed by atoms with van der Waals surface area (Å²) >= 11 is 0. The van der Waals surface area contributed by atoms with Crippen molar-refractivity contribution in [2.24, 2.45) is 0 Å². The Balaban J connectivity index is 1.01. The van der Waals surface area contributed by atoms with Crippen LogP contribution >= 0.6 is 0 Å². The van der Waals surface area contributed by atoms with E-state index in [1.807, 2.05) is 24.3 Å². The van der Waals surface area contributed by atoms with E-state index in [-0.39, 0.29) is 60.7 Å². The van der Waals surface area contributed by atoms with E-state index in [4.69, 9.17) is 4.74 Å². The minimum atomic E-state index is -1.05. The molecule has 4 aliphatic rings. The van der Waals surface area contributed by atoms with Gasteiger partial charge >= 0.3 is 0 Å². The summed E-state index contributed by atoms with van der Waals surface area (Å²) in [6.07, 6.45) is 7.89. The first-order valence-electron chi connectivity index (χ1n) is 23.5. The molecule has 348 valence electrons. The van der Waals surface area contributed by atoms with Crippen LogP contribution in [0.15, 0.2) is 72.8 Å². The van der Waals surface area contributed by atoms with Gasteiger partial charge in [0.05, 0.1) is 37.4 Å². The fraction of sp³-hybridized carbons (Fsp3) is 0.520. The zero-order valence-corrected chi connectivity index (χ0v) is 38.2. The maximum Gasteiger partial charge on any atom is 0.250 e. The number of amides is 6. The molecule has 0 spiro atoms. The number of likely N-dealkylation sites (tertiary alicyclic amines) is 2. The largest absolute Gasteiger partial charge is 0.374 e. The van der Waals surface area contributed by atoms with E-state index in [1.165, 1.54) is 11.1 Å². The number of carbonyl (C=O) groups is 6. The molecule has 0 bridgehead atoms. The highest BCUT2D eigenvalue weighted by molar-refractivity contribution is 5.95. The Bertz CT molecular complexity index is 2180. The molecule has 8 atom stereocenters. The lowest BCUT2D eigenvalue weighted by atomic mass is 9.87. The summed E-state index contributed by atoms with van der Waals surface area (Å²) in [4.78, 5) is 86.0. The molecule has 2 fully saturated rings. The van der Waals surface area contributed by atoms with E-state index < -0.39 is 36.3 Å². The predicted octanol–water partition coefficient (Wildman–Crippen LogP) is 3.43. The van der Waals surface area contributed by atoms with Crippen LogP contribution in [0.1, 0.15) is 117 Å². The van der Waals surface area contributed by atoms with Gasteiger partial charge in [-0.05, 0) is 126 Å². The first kappa shape index (κ1) is 47.3. The molecule has 0 aromatic heterocycles. The Morgan fingerprint density at radius 3 is 1.63 bits per heavy atom. The van der Waals surface area contributed by atoms with Crippen LogP contribution in [0.3, 0.4) is 0 Å². The molecule has 15 heteroatoms. The Morgan fingerprint density at radius 1 is 0.615 bits per heavy atom. The Morgan fingerprint density at radius 2 is 1.11 bits per heavy atom. The lowest BCUT2D eigenvalue weighted by Crippen LogP contribution is -2.57. The number of fused-ring (bicyclic) bond motifs is 2. The lowest BCUT2D eigenvalue weighted by Gasteiger charge is -2.32. The minimum absolute atomic E-state index is 0.0763. The monoisotopic (exact) mass is 891 g/mol. The first-order chi connectivity index (χ1) is 31.5. The summed E-state index contributed by atoms with van der Waals surface area (Å²) < 4.78 is 6.12. The van der Waals surface area contributed by atoms with E-state index in [1.54, 1.807) is 62.0 Å². The first-order valence-corrected chi connectivity index (χ1v) is 23.5.